The molecule has 4 saturated heterocycles. The van der Waals surface area contributed by atoms with E-state index in [1.807, 2.05) is 42.5 Å². The molecule has 4 aliphatic heterocycles. The number of nitrogens with zero attached hydrogens (tertiary/aromatic N) is 2. The Bertz CT molecular complexity index is 1610. The van der Waals surface area contributed by atoms with Gasteiger partial charge in [-0.25, -0.2) is 0 Å². The maximum atomic E-state index is 12.9. The van der Waals surface area contributed by atoms with Gasteiger partial charge in [-0.2, -0.15) is 0 Å². The number of carbonyl (C=O) groups excluding carboxylic acids is 2. The third-order valence-corrected chi connectivity index (χ3v) is 11.6. The number of hydrogen-bond acceptors (Lipinski definition) is 9. The normalized spacial score (nSPS) is 27.8. The van der Waals surface area contributed by atoms with Crippen LogP contribution < -0.4 is 9.47 Å². The molecule has 0 amide bonds. The van der Waals surface area contributed by atoms with E-state index < -0.39 is 5.92 Å². The molecular weight excluding hydrogens is 632 g/mol. The van der Waals surface area contributed by atoms with Gasteiger partial charge >= 0.3 is 5.97 Å². The molecule has 1 N–H and O–H groups in total. The van der Waals surface area contributed by atoms with Gasteiger partial charge in [0.25, 0.3) is 0 Å². The van der Waals surface area contributed by atoms with Crippen molar-refractivity contribution in [3.05, 3.63) is 95.1 Å². The van der Waals surface area contributed by atoms with E-state index in [4.69, 9.17) is 18.9 Å². The van der Waals surface area contributed by atoms with Crippen LogP contribution in [0.25, 0.3) is 0 Å². The van der Waals surface area contributed by atoms with Gasteiger partial charge < -0.3 is 24.1 Å². The summed E-state index contributed by atoms with van der Waals surface area (Å²) in [5.74, 6) is 1.47. The molecule has 2 bridgehead atoms. The molecule has 8 rings (SSSR count). The second kappa shape index (κ2) is 15.2. The zero-order valence-electron chi connectivity index (χ0n) is 29.4. The van der Waals surface area contributed by atoms with Crippen molar-refractivity contribution in [2.75, 3.05) is 41.0 Å². The van der Waals surface area contributed by atoms with E-state index in [9.17, 15) is 14.7 Å². The van der Waals surface area contributed by atoms with E-state index in [0.29, 0.717) is 41.7 Å². The van der Waals surface area contributed by atoms with Gasteiger partial charge in [0.15, 0.2) is 17.3 Å². The summed E-state index contributed by atoms with van der Waals surface area (Å²) in [5.41, 5.74) is 4.11. The maximum Gasteiger partial charge on any atom is 0.316 e. The van der Waals surface area contributed by atoms with Crippen molar-refractivity contribution in [3.63, 3.8) is 0 Å². The van der Waals surface area contributed by atoms with Crippen LogP contribution in [0.1, 0.15) is 65.1 Å². The molecule has 1 aliphatic carbocycles. The smallest absolute Gasteiger partial charge is 0.316 e. The average Bonchev–Trinajstić information content (AvgIpc) is 3.85. The first kappa shape index (κ1) is 34.7. The minimum Gasteiger partial charge on any atom is -0.493 e. The lowest BCUT2D eigenvalue weighted by atomic mass is 9.85. The van der Waals surface area contributed by atoms with Gasteiger partial charge in [-0.1, -0.05) is 60.7 Å². The summed E-state index contributed by atoms with van der Waals surface area (Å²) in [6, 6.07) is 24.6. The Morgan fingerprint density at radius 2 is 1.54 bits per heavy atom. The summed E-state index contributed by atoms with van der Waals surface area (Å²) < 4.78 is 22.1. The Morgan fingerprint density at radius 1 is 0.920 bits per heavy atom. The minimum atomic E-state index is -0.593. The van der Waals surface area contributed by atoms with Crippen molar-refractivity contribution >= 4 is 11.8 Å². The number of Topliss-reactive ketones (excluding diaryl/α,β-unsaturated/α-hetero) is 1. The Labute approximate surface area is 295 Å². The molecule has 3 aromatic carbocycles. The highest BCUT2D eigenvalue weighted by atomic mass is 16.6. The van der Waals surface area contributed by atoms with Crippen molar-refractivity contribution < 1.29 is 33.6 Å². The second-order valence-electron chi connectivity index (χ2n) is 14.6. The van der Waals surface area contributed by atoms with Gasteiger partial charge in [-0.05, 0) is 80.6 Å². The van der Waals surface area contributed by atoms with Crippen LogP contribution in [-0.4, -0.2) is 98.0 Å². The molecular formula is C41H50N2O7. The highest BCUT2D eigenvalue weighted by molar-refractivity contribution is 6.02. The van der Waals surface area contributed by atoms with E-state index >= 15 is 0 Å². The Balaban J connectivity index is 0.000000161. The summed E-state index contributed by atoms with van der Waals surface area (Å²) >= 11 is 0. The molecule has 4 fully saturated rings. The zero-order valence-corrected chi connectivity index (χ0v) is 29.4. The summed E-state index contributed by atoms with van der Waals surface area (Å²) in [7, 11) is 5.38. The first-order valence-corrected chi connectivity index (χ1v) is 18.2. The lowest BCUT2D eigenvalue weighted by molar-refractivity contribution is -0.156. The zero-order chi connectivity index (χ0) is 34.8. The SMILES string of the molecule is CN1[C@@H]2CC(OC(=O)[C@H](CO)c3ccccc3)C[C@H]1[C@@H]1O[C@@H]12.COc1cc2c(cc1OC)C(=O)C(CC1CCN(Cc3ccccc3)CC1)C2. The number of likely N-dealkylation sites (N-methyl/N-ethyl adjacent to an activating group) is 1. The predicted octanol–water partition coefficient (Wildman–Crippen LogP) is 5.28. The van der Waals surface area contributed by atoms with Gasteiger partial charge in [0.1, 0.15) is 24.2 Å². The van der Waals surface area contributed by atoms with E-state index in [2.05, 4.69) is 47.2 Å². The van der Waals surface area contributed by atoms with Gasteiger partial charge in [-0.15, -0.1) is 0 Å². The van der Waals surface area contributed by atoms with Gasteiger partial charge in [0.05, 0.1) is 20.8 Å². The predicted molar refractivity (Wildman–Crippen MR) is 190 cm³/mol. The number of aliphatic hydroxyl groups is 1. The minimum absolute atomic E-state index is 0.0622. The number of fused-ring (bicyclic) bond motifs is 6. The summed E-state index contributed by atoms with van der Waals surface area (Å²) in [5, 5.41) is 9.56. The van der Waals surface area contributed by atoms with Crippen LogP contribution in [0.2, 0.25) is 0 Å². The lowest BCUT2D eigenvalue weighted by Crippen LogP contribution is -2.48. The molecule has 5 aliphatic rings. The molecule has 2 unspecified atom stereocenters. The van der Waals surface area contributed by atoms with E-state index in [1.165, 1.54) is 18.4 Å². The average molecular weight is 683 g/mol. The number of ketones is 1. The van der Waals surface area contributed by atoms with Crippen LogP contribution in [0, 0.1) is 11.8 Å². The molecule has 50 heavy (non-hydrogen) atoms. The molecule has 3 aromatic rings. The number of ether oxygens (including phenoxy) is 4. The first-order chi connectivity index (χ1) is 24.4. The summed E-state index contributed by atoms with van der Waals surface area (Å²) in [4.78, 5) is 30.3. The number of benzene rings is 3. The van der Waals surface area contributed by atoms with Crippen LogP contribution in [0.3, 0.4) is 0 Å². The molecule has 9 heteroatoms. The van der Waals surface area contributed by atoms with Crippen LogP contribution in [0.15, 0.2) is 72.8 Å². The van der Waals surface area contributed by atoms with Crippen LogP contribution in [-0.2, 0) is 27.2 Å². The monoisotopic (exact) mass is 682 g/mol. The van der Waals surface area contributed by atoms with Crippen LogP contribution in [0.4, 0.5) is 0 Å². The van der Waals surface area contributed by atoms with E-state index in [0.717, 1.165) is 62.0 Å². The third kappa shape index (κ3) is 7.33. The second-order valence-corrected chi connectivity index (χ2v) is 14.6. The van der Waals surface area contributed by atoms with Crippen LogP contribution in [0.5, 0.6) is 11.5 Å². The molecule has 0 spiro atoms. The quantitative estimate of drug-likeness (QED) is 0.226. The molecule has 7 atom stereocenters. The fourth-order valence-electron chi connectivity index (χ4n) is 8.76. The third-order valence-electron chi connectivity index (χ3n) is 11.6. The summed E-state index contributed by atoms with van der Waals surface area (Å²) in [6.07, 6.45) is 6.45. The number of hydrogen-bond donors (Lipinski definition) is 1. The van der Waals surface area contributed by atoms with Crippen LogP contribution >= 0.6 is 0 Å². The first-order valence-electron chi connectivity index (χ1n) is 18.2. The van der Waals surface area contributed by atoms with Crippen molar-refractivity contribution in [3.8, 4) is 11.5 Å². The van der Waals surface area contributed by atoms with Gasteiger partial charge in [0.2, 0.25) is 0 Å². The maximum absolute atomic E-state index is 12.9. The number of likely N-dealkylation sites (tertiary alicyclic amines) is 1. The van der Waals surface area contributed by atoms with Crippen molar-refractivity contribution in [2.45, 2.75) is 81.4 Å². The molecule has 266 valence electrons. The number of morpholine rings is 1. The fourth-order valence-corrected chi connectivity index (χ4v) is 8.76. The van der Waals surface area contributed by atoms with Crippen molar-refractivity contribution in [1.29, 1.82) is 0 Å². The highest BCUT2D eigenvalue weighted by Gasteiger charge is 2.62. The largest absolute Gasteiger partial charge is 0.493 e. The summed E-state index contributed by atoms with van der Waals surface area (Å²) in [6.45, 7) is 3.04. The lowest BCUT2D eigenvalue weighted by Gasteiger charge is -2.38. The molecule has 0 saturated carbocycles. The number of rotatable bonds is 10. The number of epoxide rings is 1. The van der Waals surface area contributed by atoms with E-state index in [1.54, 1.807) is 14.2 Å². The molecule has 0 aromatic heterocycles. The highest BCUT2D eigenvalue weighted by Crippen LogP contribution is 2.48. The fraction of sp³-hybridized carbons (Fsp3) is 0.512. The molecule has 0 radical (unpaired) electrons. The number of esters is 1. The van der Waals surface area contributed by atoms with E-state index in [-0.39, 0.29) is 30.4 Å². The Kier molecular flexibility index (Phi) is 10.6. The topological polar surface area (TPSA) is 101 Å². The molecule has 4 heterocycles. The van der Waals surface area contributed by atoms with Crippen molar-refractivity contribution in [1.82, 2.24) is 9.80 Å². The number of aliphatic hydroxyl groups excluding tert-OH is 1. The van der Waals surface area contributed by atoms with Gasteiger partial charge in [-0.3, -0.25) is 19.4 Å². The van der Waals surface area contributed by atoms with Gasteiger partial charge in [0, 0.05) is 43.0 Å². The number of piperidine rings is 2. The Hall–Kier alpha value is -3.76. The molecule has 9 nitrogen and oxygen atoms in total. The number of methoxy groups -OCH3 is 2. The Morgan fingerprint density at radius 3 is 2.16 bits per heavy atom. The van der Waals surface area contributed by atoms with Crippen molar-refractivity contribution in [2.24, 2.45) is 11.8 Å². The standard InChI is InChI=1S/C24H29NO3.C17H21NO4/c1-27-22-14-19-13-20(24(26)21(19)15-23(22)28-2)12-17-8-10-25(11-9-17)16-18-6-4-3-5-7-18;1-18-13-7-11(8-14(18)16-15(13)22-16)21-17(20)12(9-19)10-5-3-2-4-6-10/h3-7,14-15,17,20H,8-13,16H2,1-2H3;2-6,11-16,19H,7-9H2,1H3/t;11?,12-,13-,14+,15-,16+/m.1/s1. The number of carbonyl (C=O) groups is 2.